The van der Waals surface area contributed by atoms with Crippen molar-refractivity contribution < 1.29 is 12.9 Å². The highest BCUT2D eigenvalue weighted by Gasteiger charge is 2.11. The molecule has 2 aromatic rings. The lowest BCUT2D eigenvalue weighted by Crippen LogP contribution is -2.24. The first-order valence-corrected chi connectivity index (χ1v) is 9.15. The summed E-state index contributed by atoms with van der Waals surface area (Å²) in [4.78, 5) is 4.37. The molecule has 2 rings (SSSR count). The molecule has 0 aliphatic heterocycles. The number of rotatable bonds is 8. The smallest absolute Gasteiger partial charge is 0.257 e. The lowest BCUT2D eigenvalue weighted by Gasteiger charge is -2.05. The molecule has 7 nitrogen and oxygen atoms in total. The normalized spacial score (nSPS) is 13.2. The third-order valence-electron chi connectivity index (χ3n) is 3.53. The van der Waals surface area contributed by atoms with E-state index in [2.05, 4.69) is 20.2 Å². The first kappa shape index (κ1) is 17.6. The Balaban J connectivity index is 2.02. The van der Waals surface area contributed by atoms with Crippen molar-refractivity contribution in [2.24, 2.45) is 0 Å². The molecular formula is C15H22N4O3S. The summed E-state index contributed by atoms with van der Waals surface area (Å²) < 4.78 is 30.7. The van der Waals surface area contributed by atoms with Crippen LogP contribution in [0.4, 0.5) is 0 Å². The topological polar surface area (TPSA) is 97.1 Å². The van der Waals surface area contributed by atoms with Gasteiger partial charge in [-0.05, 0) is 38.6 Å². The van der Waals surface area contributed by atoms with E-state index < -0.39 is 10.0 Å². The van der Waals surface area contributed by atoms with Crippen molar-refractivity contribution in [2.75, 3.05) is 12.8 Å². The molecule has 1 atom stereocenters. The molecule has 2 N–H and O–H groups in total. The van der Waals surface area contributed by atoms with Crippen molar-refractivity contribution in [1.82, 2.24) is 20.2 Å². The Hall–Kier alpha value is -1.77. The van der Waals surface area contributed by atoms with E-state index >= 15 is 0 Å². The molecule has 0 bridgehead atoms. The summed E-state index contributed by atoms with van der Waals surface area (Å²) in [5.74, 6) is 1.19. The third-order valence-corrected chi connectivity index (χ3v) is 4.87. The zero-order chi connectivity index (χ0) is 16.9. The van der Waals surface area contributed by atoms with Gasteiger partial charge in [0.1, 0.15) is 0 Å². The molecule has 0 saturated heterocycles. The molecular weight excluding hydrogens is 316 g/mol. The Morgan fingerprint density at radius 2 is 1.96 bits per heavy atom. The van der Waals surface area contributed by atoms with Gasteiger partial charge in [0.15, 0.2) is 5.82 Å². The van der Waals surface area contributed by atoms with Crippen molar-refractivity contribution >= 4 is 10.0 Å². The van der Waals surface area contributed by atoms with Crippen LogP contribution in [0.25, 0.3) is 11.5 Å². The van der Waals surface area contributed by atoms with E-state index in [4.69, 9.17) is 4.52 Å². The van der Waals surface area contributed by atoms with Gasteiger partial charge < -0.3 is 9.84 Å². The van der Waals surface area contributed by atoms with Gasteiger partial charge in [-0.25, -0.2) is 13.1 Å². The molecule has 1 aromatic carbocycles. The van der Waals surface area contributed by atoms with Gasteiger partial charge in [0.05, 0.1) is 5.75 Å². The molecule has 0 aliphatic carbocycles. The summed E-state index contributed by atoms with van der Waals surface area (Å²) in [6, 6.07) is 7.64. The predicted molar refractivity (Wildman–Crippen MR) is 88.3 cm³/mol. The van der Waals surface area contributed by atoms with Crippen LogP contribution in [0.5, 0.6) is 0 Å². The van der Waals surface area contributed by atoms with Gasteiger partial charge in [-0.3, -0.25) is 0 Å². The van der Waals surface area contributed by atoms with E-state index in [1.54, 1.807) is 6.92 Å². The zero-order valence-electron chi connectivity index (χ0n) is 13.5. The largest absolute Gasteiger partial charge is 0.334 e. The van der Waals surface area contributed by atoms with E-state index in [-0.39, 0.29) is 18.3 Å². The molecule has 23 heavy (non-hydrogen) atoms. The second kappa shape index (κ2) is 7.67. The zero-order valence-corrected chi connectivity index (χ0v) is 14.4. The fourth-order valence-corrected chi connectivity index (χ4v) is 2.48. The van der Waals surface area contributed by atoms with Crippen molar-refractivity contribution in [3.63, 3.8) is 0 Å². The summed E-state index contributed by atoms with van der Waals surface area (Å²) in [6.45, 7) is 3.92. The number of nitrogens with one attached hydrogen (secondary N) is 2. The van der Waals surface area contributed by atoms with Gasteiger partial charge in [-0.2, -0.15) is 4.98 Å². The highest BCUT2D eigenvalue weighted by atomic mass is 32.2. The van der Waals surface area contributed by atoms with Crippen molar-refractivity contribution in [3.8, 4) is 11.5 Å². The summed E-state index contributed by atoms with van der Waals surface area (Å²) in [7, 11) is -1.30. The SMILES string of the molecule is CCS(=O)(=O)NCc1ccc(-c2nc(CC(C)NC)no2)cc1. The second-order valence-electron chi connectivity index (χ2n) is 5.33. The maximum absolute atomic E-state index is 11.4. The van der Waals surface area contributed by atoms with Crippen LogP contribution in [0.3, 0.4) is 0 Å². The third kappa shape index (κ3) is 5.12. The van der Waals surface area contributed by atoms with Gasteiger partial charge in [-0.1, -0.05) is 17.3 Å². The van der Waals surface area contributed by atoms with Crippen LogP contribution >= 0.6 is 0 Å². The molecule has 126 valence electrons. The molecule has 1 heterocycles. The minimum atomic E-state index is -3.19. The Labute approximate surface area is 136 Å². The number of hydrogen-bond donors (Lipinski definition) is 2. The standard InChI is InChI=1S/C15H22N4O3S/c1-4-23(20,21)17-10-12-5-7-13(8-6-12)15-18-14(19-22-15)9-11(2)16-3/h5-8,11,16-17H,4,9-10H2,1-3H3. The Bertz CT molecular complexity index is 725. The summed E-state index contributed by atoms with van der Waals surface area (Å²) >= 11 is 0. The second-order valence-corrected chi connectivity index (χ2v) is 7.43. The molecule has 1 aromatic heterocycles. The number of aromatic nitrogens is 2. The van der Waals surface area contributed by atoms with Gasteiger partial charge in [0, 0.05) is 24.6 Å². The minimum absolute atomic E-state index is 0.0703. The summed E-state index contributed by atoms with van der Waals surface area (Å²) in [5.41, 5.74) is 1.68. The van der Waals surface area contributed by atoms with E-state index in [1.807, 2.05) is 38.2 Å². The Morgan fingerprint density at radius 1 is 1.26 bits per heavy atom. The maximum Gasteiger partial charge on any atom is 0.257 e. The van der Waals surface area contributed by atoms with Crippen molar-refractivity contribution in [3.05, 3.63) is 35.7 Å². The average molecular weight is 338 g/mol. The summed E-state index contributed by atoms with van der Waals surface area (Å²) in [5, 5.41) is 7.09. The van der Waals surface area contributed by atoms with Crippen LogP contribution in [-0.4, -0.2) is 37.4 Å². The molecule has 8 heteroatoms. The van der Waals surface area contributed by atoms with Gasteiger partial charge in [-0.15, -0.1) is 0 Å². The number of hydrogen-bond acceptors (Lipinski definition) is 6. The van der Waals surface area contributed by atoms with Crippen LogP contribution in [-0.2, 0) is 23.0 Å². The molecule has 0 saturated carbocycles. The summed E-state index contributed by atoms with van der Waals surface area (Å²) in [6.07, 6.45) is 0.691. The van der Waals surface area contributed by atoms with Crippen LogP contribution in [0.2, 0.25) is 0 Å². The van der Waals surface area contributed by atoms with Crippen LogP contribution in [0.15, 0.2) is 28.8 Å². The highest BCUT2D eigenvalue weighted by Crippen LogP contribution is 2.18. The van der Waals surface area contributed by atoms with Gasteiger partial charge >= 0.3 is 0 Å². The van der Waals surface area contributed by atoms with E-state index in [0.29, 0.717) is 18.1 Å². The van der Waals surface area contributed by atoms with Crippen molar-refractivity contribution in [1.29, 1.82) is 0 Å². The van der Waals surface area contributed by atoms with Gasteiger partial charge in [0.25, 0.3) is 5.89 Å². The average Bonchev–Trinajstić information content (AvgIpc) is 3.02. The Kier molecular flexibility index (Phi) is 5.86. The molecule has 0 spiro atoms. The highest BCUT2D eigenvalue weighted by molar-refractivity contribution is 7.89. The molecule has 0 aliphatic rings. The maximum atomic E-state index is 11.4. The predicted octanol–water partition coefficient (Wildman–Crippen LogP) is 1.33. The first-order valence-electron chi connectivity index (χ1n) is 7.50. The van der Waals surface area contributed by atoms with E-state index in [9.17, 15) is 8.42 Å². The molecule has 1 unspecified atom stereocenters. The fourth-order valence-electron chi connectivity index (χ4n) is 1.89. The van der Waals surface area contributed by atoms with E-state index in [1.165, 1.54) is 0 Å². The molecule has 0 radical (unpaired) electrons. The minimum Gasteiger partial charge on any atom is -0.334 e. The lowest BCUT2D eigenvalue weighted by molar-refractivity contribution is 0.418. The van der Waals surface area contributed by atoms with Crippen LogP contribution < -0.4 is 10.0 Å². The quantitative estimate of drug-likeness (QED) is 0.753. The van der Waals surface area contributed by atoms with Crippen LogP contribution in [0, 0.1) is 0 Å². The monoisotopic (exact) mass is 338 g/mol. The van der Waals surface area contributed by atoms with Gasteiger partial charge in [0.2, 0.25) is 10.0 Å². The molecule has 0 fully saturated rings. The number of sulfonamides is 1. The fraction of sp³-hybridized carbons (Fsp3) is 0.467. The van der Waals surface area contributed by atoms with E-state index in [0.717, 1.165) is 11.1 Å². The number of benzene rings is 1. The van der Waals surface area contributed by atoms with Crippen molar-refractivity contribution in [2.45, 2.75) is 32.9 Å². The lowest BCUT2D eigenvalue weighted by atomic mass is 10.1. The number of nitrogens with zero attached hydrogens (tertiary/aromatic N) is 2. The van der Waals surface area contributed by atoms with Crippen LogP contribution in [0.1, 0.15) is 25.2 Å². The first-order chi connectivity index (χ1) is 10.9. The number of likely N-dealkylation sites (N-methyl/N-ethyl adjacent to an activating group) is 1. The Morgan fingerprint density at radius 3 is 2.57 bits per heavy atom. The molecule has 0 amide bonds.